The summed E-state index contributed by atoms with van der Waals surface area (Å²) in [6, 6.07) is 20.7. The Morgan fingerprint density at radius 3 is 2.24 bits per heavy atom. The number of hydrogen-bond acceptors (Lipinski definition) is 5. The Kier molecular flexibility index (Phi) is 6.08. The first-order valence-electron chi connectivity index (χ1n) is 12.9. The second-order valence-electron chi connectivity index (χ2n) is 10.1. The number of nitrogens with zero attached hydrogens (tertiary/aromatic N) is 5. The third-order valence-corrected chi connectivity index (χ3v) is 6.87. The first-order chi connectivity index (χ1) is 18.5. The van der Waals surface area contributed by atoms with E-state index in [4.69, 9.17) is 14.7 Å². The summed E-state index contributed by atoms with van der Waals surface area (Å²) in [6.45, 7) is 8.69. The lowest BCUT2D eigenvalue weighted by molar-refractivity contribution is 0.460. The summed E-state index contributed by atoms with van der Waals surface area (Å²) < 4.78 is 8.28. The minimum atomic E-state index is 0.394. The Morgan fingerprint density at radius 1 is 0.684 bits per heavy atom. The van der Waals surface area contributed by atoms with Gasteiger partial charge in [-0.15, -0.1) is 0 Å². The van der Waals surface area contributed by atoms with E-state index in [0.29, 0.717) is 23.5 Å². The van der Waals surface area contributed by atoms with Crippen molar-refractivity contribution in [3.63, 3.8) is 0 Å². The molecule has 38 heavy (non-hydrogen) atoms. The van der Waals surface area contributed by atoms with Gasteiger partial charge in [-0.25, -0.2) is 9.97 Å². The zero-order valence-electron chi connectivity index (χ0n) is 22.0. The van der Waals surface area contributed by atoms with Crippen molar-refractivity contribution in [3.8, 4) is 28.6 Å². The van der Waals surface area contributed by atoms with E-state index in [-0.39, 0.29) is 0 Å². The molecule has 0 N–H and O–H groups in total. The van der Waals surface area contributed by atoms with Gasteiger partial charge in [0, 0.05) is 47.4 Å². The predicted molar refractivity (Wildman–Crippen MR) is 152 cm³/mol. The van der Waals surface area contributed by atoms with Gasteiger partial charge in [-0.3, -0.25) is 14.5 Å². The number of hydrogen-bond donors (Lipinski definition) is 0. The van der Waals surface area contributed by atoms with Crippen molar-refractivity contribution < 1.29 is 4.74 Å². The van der Waals surface area contributed by atoms with Crippen LogP contribution in [0.4, 0.5) is 0 Å². The number of pyridine rings is 4. The maximum absolute atomic E-state index is 6.09. The van der Waals surface area contributed by atoms with Crippen LogP contribution in [0.15, 0.2) is 91.6 Å². The molecule has 0 aliphatic carbocycles. The van der Waals surface area contributed by atoms with E-state index in [1.165, 1.54) is 11.1 Å². The lowest BCUT2D eigenvalue weighted by atomic mass is 10.1. The van der Waals surface area contributed by atoms with Crippen LogP contribution in [0, 0.1) is 0 Å². The highest BCUT2D eigenvalue weighted by Gasteiger charge is 2.16. The van der Waals surface area contributed by atoms with Gasteiger partial charge in [0.1, 0.15) is 11.6 Å². The highest BCUT2D eigenvalue weighted by molar-refractivity contribution is 6.07. The second kappa shape index (κ2) is 9.71. The Morgan fingerprint density at radius 2 is 1.42 bits per heavy atom. The number of benzene rings is 1. The van der Waals surface area contributed by atoms with Crippen LogP contribution in [0.2, 0.25) is 0 Å². The topological polar surface area (TPSA) is 65.7 Å². The molecule has 0 fully saturated rings. The van der Waals surface area contributed by atoms with Crippen molar-refractivity contribution in [3.05, 3.63) is 103 Å². The number of rotatable bonds is 6. The van der Waals surface area contributed by atoms with Crippen molar-refractivity contribution in [1.82, 2.24) is 24.5 Å². The van der Waals surface area contributed by atoms with Crippen LogP contribution < -0.4 is 4.74 Å². The van der Waals surface area contributed by atoms with Crippen LogP contribution >= 0.6 is 0 Å². The third kappa shape index (κ3) is 4.39. The van der Waals surface area contributed by atoms with Crippen LogP contribution in [0.25, 0.3) is 38.9 Å². The molecule has 0 radical (unpaired) electrons. The quantitative estimate of drug-likeness (QED) is 0.232. The fourth-order valence-electron chi connectivity index (χ4n) is 4.74. The molecule has 6 heteroatoms. The van der Waals surface area contributed by atoms with Crippen molar-refractivity contribution in [2.24, 2.45) is 0 Å². The Hall–Kier alpha value is -4.58. The van der Waals surface area contributed by atoms with Crippen molar-refractivity contribution in [2.75, 3.05) is 0 Å². The van der Waals surface area contributed by atoms with Crippen LogP contribution in [0.3, 0.4) is 0 Å². The molecular formula is C32H29N5O. The van der Waals surface area contributed by atoms with Crippen LogP contribution in [-0.4, -0.2) is 24.5 Å². The molecule has 5 heterocycles. The van der Waals surface area contributed by atoms with Crippen molar-refractivity contribution >= 4 is 21.9 Å². The zero-order chi connectivity index (χ0) is 26.2. The number of para-hydroxylation sites is 1. The van der Waals surface area contributed by atoms with Gasteiger partial charge in [0.15, 0.2) is 0 Å². The predicted octanol–water partition coefficient (Wildman–Crippen LogP) is 8.07. The highest BCUT2D eigenvalue weighted by atomic mass is 16.5. The molecule has 0 saturated carbocycles. The lowest BCUT2D eigenvalue weighted by Crippen LogP contribution is -1.99. The first-order valence-corrected chi connectivity index (χ1v) is 12.9. The molecule has 188 valence electrons. The SMILES string of the molecule is CC(C)c1ccnc(Oc2cncc(-c3cnc4c5ccccc5n(-c5cc(C(C)C)ccn5)c4c3)c2)c1. The molecule has 0 aliphatic heterocycles. The molecule has 0 spiro atoms. The van der Waals surface area contributed by atoms with E-state index in [0.717, 1.165) is 38.9 Å². The van der Waals surface area contributed by atoms with E-state index in [9.17, 15) is 0 Å². The summed E-state index contributed by atoms with van der Waals surface area (Å²) in [4.78, 5) is 18.5. The molecule has 1 aromatic carbocycles. The molecule has 0 unspecified atom stereocenters. The minimum absolute atomic E-state index is 0.394. The molecule has 6 aromatic rings. The monoisotopic (exact) mass is 499 g/mol. The summed E-state index contributed by atoms with van der Waals surface area (Å²) in [5.41, 5.74) is 7.30. The van der Waals surface area contributed by atoms with Gasteiger partial charge in [-0.2, -0.15) is 0 Å². The van der Waals surface area contributed by atoms with Crippen molar-refractivity contribution in [1.29, 1.82) is 0 Å². The van der Waals surface area contributed by atoms with Crippen molar-refractivity contribution in [2.45, 2.75) is 39.5 Å². The molecular weight excluding hydrogens is 470 g/mol. The van der Waals surface area contributed by atoms with E-state index in [2.05, 4.69) is 78.6 Å². The smallest absolute Gasteiger partial charge is 0.219 e. The van der Waals surface area contributed by atoms with Gasteiger partial charge < -0.3 is 4.74 Å². The molecule has 0 saturated heterocycles. The van der Waals surface area contributed by atoms with Crippen LogP contribution in [0.5, 0.6) is 11.6 Å². The fraction of sp³-hybridized carbons (Fsp3) is 0.188. The van der Waals surface area contributed by atoms with E-state index >= 15 is 0 Å². The normalized spacial score (nSPS) is 11.6. The Bertz CT molecular complexity index is 1770. The molecule has 0 bridgehead atoms. The van der Waals surface area contributed by atoms with Gasteiger partial charge in [0.25, 0.3) is 0 Å². The van der Waals surface area contributed by atoms with Crippen LogP contribution in [-0.2, 0) is 0 Å². The van der Waals surface area contributed by atoms with E-state index in [1.54, 1.807) is 12.4 Å². The minimum Gasteiger partial charge on any atom is -0.437 e. The lowest BCUT2D eigenvalue weighted by Gasteiger charge is -2.11. The molecule has 6 nitrogen and oxygen atoms in total. The summed E-state index contributed by atoms with van der Waals surface area (Å²) in [5.74, 6) is 2.86. The first kappa shape index (κ1) is 23.8. The number of ether oxygens (including phenoxy) is 1. The molecule has 0 aliphatic rings. The zero-order valence-corrected chi connectivity index (χ0v) is 22.0. The molecule has 5 aromatic heterocycles. The number of aromatic nitrogens is 5. The summed E-state index contributed by atoms with van der Waals surface area (Å²) in [5, 5.41) is 1.09. The standard InChI is InChI=1S/C32H29N5O/c1-20(2)22-9-11-34-30(15-22)37-28-8-6-5-7-27(28)32-29(37)14-25(18-36-32)24-13-26(19-33-17-24)38-31-16-23(21(3)4)10-12-35-31/h5-21H,1-4H3. The summed E-state index contributed by atoms with van der Waals surface area (Å²) >= 11 is 0. The summed E-state index contributed by atoms with van der Waals surface area (Å²) in [7, 11) is 0. The van der Waals surface area contributed by atoms with Gasteiger partial charge in [-0.05, 0) is 59.4 Å². The summed E-state index contributed by atoms with van der Waals surface area (Å²) in [6.07, 6.45) is 9.10. The largest absolute Gasteiger partial charge is 0.437 e. The maximum Gasteiger partial charge on any atom is 0.219 e. The third-order valence-electron chi connectivity index (χ3n) is 6.87. The molecule has 0 atom stereocenters. The highest BCUT2D eigenvalue weighted by Crippen LogP contribution is 2.34. The number of fused-ring (bicyclic) bond motifs is 3. The Balaban J connectivity index is 1.45. The molecule has 6 rings (SSSR count). The van der Waals surface area contributed by atoms with Gasteiger partial charge in [0.05, 0.1) is 22.7 Å². The van der Waals surface area contributed by atoms with E-state index < -0.39 is 0 Å². The van der Waals surface area contributed by atoms with E-state index in [1.807, 2.05) is 42.9 Å². The Labute approximate surface area is 222 Å². The average Bonchev–Trinajstić information content (AvgIpc) is 3.27. The maximum atomic E-state index is 6.09. The van der Waals surface area contributed by atoms with Gasteiger partial charge in [0.2, 0.25) is 5.88 Å². The van der Waals surface area contributed by atoms with Crippen LogP contribution in [0.1, 0.15) is 50.7 Å². The average molecular weight is 500 g/mol. The second-order valence-corrected chi connectivity index (χ2v) is 10.1. The molecule has 0 amide bonds. The fourth-order valence-corrected chi connectivity index (χ4v) is 4.74. The van der Waals surface area contributed by atoms with Gasteiger partial charge >= 0.3 is 0 Å². The van der Waals surface area contributed by atoms with Gasteiger partial charge in [-0.1, -0.05) is 45.9 Å².